The number of anilines is 1. The molecule has 0 aliphatic carbocycles. The summed E-state index contributed by atoms with van der Waals surface area (Å²) in [6, 6.07) is 2.27. The highest BCUT2D eigenvalue weighted by Gasteiger charge is 2.10. The van der Waals surface area contributed by atoms with Gasteiger partial charge in [0.2, 0.25) is 0 Å². The Labute approximate surface area is 93.2 Å². The molecule has 0 fully saturated rings. The van der Waals surface area contributed by atoms with Crippen molar-refractivity contribution in [2.45, 2.75) is 32.9 Å². The zero-order valence-electron chi connectivity index (χ0n) is 8.71. The highest BCUT2D eigenvalue weighted by Crippen LogP contribution is 2.23. The van der Waals surface area contributed by atoms with Gasteiger partial charge in [-0.1, -0.05) is 0 Å². The molecule has 0 saturated carbocycles. The number of nitrogens with two attached hydrogens (primary N) is 1. The van der Waals surface area contributed by atoms with Crippen LogP contribution in [0.2, 0.25) is 0 Å². The molecule has 0 aromatic carbocycles. The van der Waals surface area contributed by atoms with Gasteiger partial charge in [-0.15, -0.1) is 0 Å². The second kappa shape index (κ2) is 4.75. The smallest absolute Gasteiger partial charge is 0.140 e. The highest BCUT2D eigenvalue weighted by atomic mass is 79.9. The number of aryl methyl sites for hydroxylation is 1. The Morgan fingerprint density at radius 2 is 2.14 bits per heavy atom. The molecule has 78 valence electrons. The fourth-order valence-corrected chi connectivity index (χ4v) is 1.34. The molecule has 2 unspecified atom stereocenters. The van der Waals surface area contributed by atoms with Crippen molar-refractivity contribution in [3.8, 4) is 0 Å². The maximum absolute atomic E-state index is 5.77. The molecule has 0 spiro atoms. The number of nitrogens with one attached hydrogen (secondary N) is 1. The average Bonchev–Trinajstić information content (AvgIpc) is 2.12. The van der Waals surface area contributed by atoms with Gasteiger partial charge in [-0.3, -0.25) is 0 Å². The number of aromatic nitrogens is 1. The Bertz CT molecular complexity index is 312. The van der Waals surface area contributed by atoms with Crippen molar-refractivity contribution >= 4 is 21.7 Å². The third-order valence-corrected chi connectivity index (χ3v) is 3.24. The van der Waals surface area contributed by atoms with Crippen LogP contribution in [0.5, 0.6) is 0 Å². The van der Waals surface area contributed by atoms with E-state index in [9.17, 15) is 0 Å². The zero-order chi connectivity index (χ0) is 10.7. The quantitative estimate of drug-likeness (QED) is 0.874. The third kappa shape index (κ3) is 2.69. The SMILES string of the molecule is Cc1ccnc(NC(C)C(C)N)c1Br. The van der Waals surface area contributed by atoms with Gasteiger partial charge in [0.1, 0.15) is 5.82 Å². The van der Waals surface area contributed by atoms with Gasteiger partial charge in [0, 0.05) is 18.3 Å². The molecule has 0 radical (unpaired) electrons. The third-order valence-electron chi connectivity index (χ3n) is 2.24. The summed E-state index contributed by atoms with van der Waals surface area (Å²) < 4.78 is 1.01. The van der Waals surface area contributed by atoms with Gasteiger partial charge < -0.3 is 11.1 Å². The topological polar surface area (TPSA) is 50.9 Å². The Kier molecular flexibility index (Phi) is 3.89. The molecule has 1 rings (SSSR count). The molecule has 0 bridgehead atoms. The molecule has 1 aromatic heterocycles. The number of nitrogens with zero attached hydrogens (tertiary/aromatic N) is 1. The summed E-state index contributed by atoms with van der Waals surface area (Å²) in [5, 5.41) is 3.27. The summed E-state index contributed by atoms with van der Waals surface area (Å²) in [6.45, 7) is 6.05. The lowest BCUT2D eigenvalue weighted by Gasteiger charge is -2.19. The molecule has 4 heteroatoms. The first-order valence-corrected chi connectivity index (χ1v) is 5.45. The first kappa shape index (κ1) is 11.5. The molecular weight excluding hydrogens is 242 g/mol. The largest absolute Gasteiger partial charge is 0.365 e. The standard InChI is InChI=1S/C10H16BrN3/c1-6-4-5-13-10(9(6)11)14-8(3)7(2)12/h4-5,7-8H,12H2,1-3H3,(H,13,14). The van der Waals surface area contributed by atoms with Crippen LogP contribution in [0.25, 0.3) is 0 Å². The Morgan fingerprint density at radius 1 is 1.50 bits per heavy atom. The highest BCUT2D eigenvalue weighted by molar-refractivity contribution is 9.10. The van der Waals surface area contributed by atoms with Crippen LogP contribution >= 0.6 is 15.9 Å². The second-order valence-corrected chi connectivity index (χ2v) is 4.38. The summed E-state index contributed by atoms with van der Waals surface area (Å²) in [5.41, 5.74) is 6.93. The van der Waals surface area contributed by atoms with Gasteiger partial charge in [0.15, 0.2) is 0 Å². The van der Waals surface area contributed by atoms with E-state index in [2.05, 4.69) is 26.2 Å². The van der Waals surface area contributed by atoms with E-state index in [1.807, 2.05) is 26.8 Å². The summed E-state index contributed by atoms with van der Waals surface area (Å²) in [6.07, 6.45) is 1.79. The molecule has 1 heterocycles. The van der Waals surface area contributed by atoms with Crippen molar-refractivity contribution in [2.75, 3.05) is 5.32 Å². The van der Waals surface area contributed by atoms with Gasteiger partial charge >= 0.3 is 0 Å². The van der Waals surface area contributed by atoms with Gasteiger partial charge in [0.25, 0.3) is 0 Å². The van der Waals surface area contributed by atoms with Gasteiger partial charge in [-0.2, -0.15) is 0 Å². The molecule has 3 nitrogen and oxygen atoms in total. The van der Waals surface area contributed by atoms with Crippen LogP contribution in [-0.4, -0.2) is 17.1 Å². The molecule has 2 atom stereocenters. The molecular formula is C10H16BrN3. The van der Waals surface area contributed by atoms with Crippen molar-refractivity contribution in [1.82, 2.24) is 4.98 Å². The number of rotatable bonds is 3. The van der Waals surface area contributed by atoms with E-state index in [1.165, 1.54) is 5.56 Å². The van der Waals surface area contributed by atoms with Crippen molar-refractivity contribution in [1.29, 1.82) is 0 Å². The predicted molar refractivity (Wildman–Crippen MR) is 63.4 cm³/mol. The van der Waals surface area contributed by atoms with E-state index in [4.69, 9.17) is 5.73 Å². The number of hydrogen-bond acceptors (Lipinski definition) is 3. The average molecular weight is 258 g/mol. The van der Waals surface area contributed by atoms with Crippen molar-refractivity contribution < 1.29 is 0 Å². The van der Waals surface area contributed by atoms with Crippen LogP contribution in [0.1, 0.15) is 19.4 Å². The van der Waals surface area contributed by atoms with Crippen LogP contribution < -0.4 is 11.1 Å². The lowest BCUT2D eigenvalue weighted by Crippen LogP contribution is -2.35. The molecule has 0 saturated heterocycles. The Balaban J connectivity index is 2.82. The van der Waals surface area contributed by atoms with Crippen LogP contribution in [0, 0.1) is 6.92 Å². The molecule has 3 N–H and O–H groups in total. The molecule has 1 aromatic rings. The fraction of sp³-hybridized carbons (Fsp3) is 0.500. The van der Waals surface area contributed by atoms with Crippen LogP contribution in [0.3, 0.4) is 0 Å². The summed E-state index contributed by atoms with van der Waals surface area (Å²) in [7, 11) is 0. The minimum Gasteiger partial charge on any atom is -0.365 e. The maximum atomic E-state index is 5.77. The monoisotopic (exact) mass is 257 g/mol. The van der Waals surface area contributed by atoms with Crippen molar-refractivity contribution in [2.24, 2.45) is 5.73 Å². The number of hydrogen-bond donors (Lipinski definition) is 2. The van der Waals surface area contributed by atoms with Crippen LogP contribution in [0.15, 0.2) is 16.7 Å². The van der Waals surface area contributed by atoms with E-state index in [0.717, 1.165) is 10.3 Å². The summed E-state index contributed by atoms with van der Waals surface area (Å²) >= 11 is 3.49. The van der Waals surface area contributed by atoms with E-state index < -0.39 is 0 Å². The normalized spacial score (nSPS) is 14.9. The Hall–Kier alpha value is -0.610. The van der Waals surface area contributed by atoms with Crippen molar-refractivity contribution in [3.63, 3.8) is 0 Å². The number of halogens is 1. The van der Waals surface area contributed by atoms with E-state index in [-0.39, 0.29) is 12.1 Å². The molecule has 0 aliphatic heterocycles. The molecule has 0 aliphatic rings. The van der Waals surface area contributed by atoms with E-state index in [1.54, 1.807) is 6.20 Å². The lowest BCUT2D eigenvalue weighted by molar-refractivity contribution is 0.635. The summed E-state index contributed by atoms with van der Waals surface area (Å²) in [4.78, 5) is 4.25. The minimum absolute atomic E-state index is 0.101. The van der Waals surface area contributed by atoms with Crippen LogP contribution in [0.4, 0.5) is 5.82 Å². The first-order valence-electron chi connectivity index (χ1n) is 4.65. The lowest BCUT2D eigenvalue weighted by atomic mass is 10.2. The maximum Gasteiger partial charge on any atom is 0.140 e. The number of pyridine rings is 1. The van der Waals surface area contributed by atoms with Crippen LogP contribution in [-0.2, 0) is 0 Å². The van der Waals surface area contributed by atoms with Gasteiger partial charge in [-0.25, -0.2) is 4.98 Å². The van der Waals surface area contributed by atoms with Gasteiger partial charge in [0.05, 0.1) is 4.47 Å². The minimum atomic E-state index is 0.101. The molecule has 14 heavy (non-hydrogen) atoms. The van der Waals surface area contributed by atoms with E-state index in [0.29, 0.717) is 0 Å². The molecule has 0 amide bonds. The first-order chi connectivity index (χ1) is 6.52. The second-order valence-electron chi connectivity index (χ2n) is 3.58. The fourth-order valence-electron chi connectivity index (χ4n) is 0.988. The van der Waals surface area contributed by atoms with Crippen molar-refractivity contribution in [3.05, 3.63) is 22.3 Å². The van der Waals surface area contributed by atoms with Gasteiger partial charge in [-0.05, 0) is 48.3 Å². The summed E-state index contributed by atoms with van der Waals surface area (Å²) in [5.74, 6) is 0.856. The van der Waals surface area contributed by atoms with E-state index >= 15 is 0 Å². The Morgan fingerprint density at radius 3 is 2.71 bits per heavy atom. The predicted octanol–water partition coefficient (Wildman–Crippen LogP) is 2.30. The zero-order valence-corrected chi connectivity index (χ0v) is 10.3.